The van der Waals surface area contributed by atoms with Crippen molar-refractivity contribution in [2.75, 3.05) is 0 Å². The van der Waals surface area contributed by atoms with Crippen LogP contribution in [0.5, 0.6) is 0 Å². The molecule has 1 aromatic carbocycles. The number of hydrogen-bond acceptors (Lipinski definition) is 4. The van der Waals surface area contributed by atoms with Gasteiger partial charge in [-0.25, -0.2) is 0 Å². The number of nitrogens with two attached hydrogens (primary N) is 1. The summed E-state index contributed by atoms with van der Waals surface area (Å²) in [6.45, 7) is 0. The SMILES string of the molecule is NC1CCCCC1NC(=O)c1cc(Cl)cc([N+](=O)[O-])c1. The number of nitrogens with one attached hydrogen (secondary N) is 1. The van der Waals surface area contributed by atoms with Crippen molar-refractivity contribution in [2.24, 2.45) is 5.73 Å². The number of nitro benzene ring substituents is 1. The highest BCUT2D eigenvalue weighted by molar-refractivity contribution is 6.31. The molecule has 1 aliphatic carbocycles. The van der Waals surface area contributed by atoms with Gasteiger partial charge in [-0.2, -0.15) is 0 Å². The van der Waals surface area contributed by atoms with Gasteiger partial charge in [0.1, 0.15) is 0 Å². The lowest BCUT2D eigenvalue weighted by Crippen LogP contribution is -2.49. The van der Waals surface area contributed by atoms with Gasteiger partial charge in [0.05, 0.1) is 4.92 Å². The number of non-ortho nitro benzene ring substituents is 1. The van der Waals surface area contributed by atoms with Gasteiger partial charge < -0.3 is 11.1 Å². The molecule has 1 fully saturated rings. The molecule has 0 radical (unpaired) electrons. The van der Waals surface area contributed by atoms with E-state index in [9.17, 15) is 14.9 Å². The van der Waals surface area contributed by atoms with Gasteiger partial charge in [-0.05, 0) is 18.9 Å². The van der Waals surface area contributed by atoms with Gasteiger partial charge in [0.2, 0.25) is 0 Å². The summed E-state index contributed by atoms with van der Waals surface area (Å²) < 4.78 is 0. The normalized spacial score (nSPS) is 22.3. The van der Waals surface area contributed by atoms with E-state index in [1.165, 1.54) is 18.2 Å². The molecule has 0 heterocycles. The number of nitrogens with zero attached hydrogens (tertiary/aromatic N) is 1. The fourth-order valence-corrected chi connectivity index (χ4v) is 2.63. The zero-order valence-electron chi connectivity index (χ0n) is 10.8. The van der Waals surface area contributed by atoms with Crippen LogP contribution in [-0.2, 0) is 0 Å². The van der Waals surface area contributed by atoms with Crippen molar-refractivity contribution in [3.8, 4) is 0 Å². The third-order valence-corrected chi connectivity index (χ3v) is 3.71. The van der Waals surface area contributed by atoms with Crippen molar-refractivity contribution in [2.45, 2.75) is 37.8 Å². The number of halogens is 1. The summed E-state index contributed by atoms with van der Waals surface area (Å²) in [7, 11) is 0. The Balaban J connectivity index is 2.14. The number of rotatable bonds is 3. The molecule has 0 bridgehead atoms. The Morgan fingerprint density at radius 2 is 2.05 bits per heavy atom. The summed E-state index contributed by atoms with van der Waals surface area (Å²) in [5.74, 6) is -0.377. The van der Waals surface area contributed by atoms with E-state index in [4.69, 9.17) is 17.3 Å². The highest BCUT2D eigenvalue weighted by Crippen LogP contribution is 2.22. The van der Waals surface area contributed by atoms with Crippen LogP contribution in [0.3, 0.4) is 0 Å². The Bertz CT molecular complexity index is 536. The standard InChI is InChI=1S/C13H16ClN3O3/c14-9-5-8(6-10(7-9)17(19)20)13(18)16-12-4-2-1-3-11(12)15/h5-7,11-12H,1-4,15H2,(H,16,18). The molecule has 1 saturated carbocycles. The highest BCUT2D eigenvalue weighted by Gasteiger charge is 2.24. The Morgan fingerprint density at radius 1 is 1.35 bits per heavy atom. The van der Waals surface area contributed by atoms with Crippen LogP contribution < -0.4 is 11.1 Å². The van der Waals surface area contributed by atoms with E-state index in [0.29, 0.717) is 0 Å². The van der Waals surface area contributed by atoms with Gasteiger partial charge >= 0.3 is 0 Å². The monoisotopic (exact) mass is 297 g/mol. The minimum Gasteiger partial charge on any atom is -0.348 e. The van der Waals surface area contributed by atoms with Crippen molar-refractivity contribution in [1.29, 1.82) is 0 Å². The molecule has 1 amide bonds. The summed E-state index contributed by atoms with van der Waals surface area (Å²) in [5.41, 5.74) is 5.95. The first-order chi connectivity index (χ1) is 9.47. The highest BCUT2D eigenvalue weighted by atomic mass is 35.5. The largest absolute Gasteiger partial charge is 0.348 e. The third-order valence-electron chi connectivity index (χ3n) is 3.49. The molecule has 0 aliphatic heterocycles. The van der Waals surface area contributed by atoms with Crippen LogP contribution in [-0.4, -0.2) is 22.9 Å². The number of hydrogen-bond donors (Lipinski definition) is 2. The molecule has 3 N–H and O–H groups in total. The van der Waals surface area contributed by atoms with E-state index in [1.54, 1.807) is 0 Å². The van der Waals surface area contributed by atoms with Crippen LogP contribution in [0.4, 0.5) is 5.69 Å². The quantitative estimate of drug-likeness (QED) is 0.660. The zero-order chi connectivity index (χ0) is 14.7. The first-order valence-electron chi connectivity index (χ1n) is 6.49. The molecule has 0 spiro atoms. The predicted octanol–water partition coefficient (Wildman–Crippen LogP) is 2.25. The number of carbonyl (C=O) groups excluding carboxylic acids is 1. The fraction of sp³-hybridized carbons (Fsp3) is 0.462. The smallest absolute Gasteiger partial charge is 0.271 e. The van der Waals surface area contributed by atoms with E-state index in [0.717, 1.165) is 25.7 Å². The summed E-state index contributed by atoms with van der Waals surface area (Å²) in [4.78, 5) is 22.3. The third kappa shape index (κ3) is 3.46. The first-order valence-corrected chi connectivity index (χ1v) is 6.86. The molecule has 2 rings (SSSR count). The van der Waals surface area contributed by atoms with Crippen molar-refractivity contribution in [3.63, 3.8) is 0 Å². The maximum atomic E-state index is 12.1. The maximum absolute atomic E-state index is 12.1. The van der Waals surface area contributed by atoms with Gasteiger partial charge in [-0.1, -0.05) is 24.4 Å². The van der Waals surface area contributed by atoms with E-state index >= 15 is 0 Å². The molecule has 108 valence electrons. The summed E-state index contributed by atoms with van der Waals surface area (Å²) >= 11 is 5.80. The lowest BCUT2D eigenvalue weighted by atomic mass is 9.91. The predicted molar refractivity (Wildman–Crippen MR) is 75.8 cm³/mol. The second kappa shape index (κ2) is 6.19. The average molecular weight is 298 g/mol. The number of benzene rings is 1. The Kier molecular flexibility index (Phi) is 4.57. The Morgan fingerprint density at radius 3 is 2.70 bits per heavy atom. The van der Waals surface area contributed by atoms with E-state index in [-0.39, 0.29) is 34.3 Å². The first kappa shape index (κ1) is 14.7. The number of amides is 1. The molecule has 0 aromatic heterocycles. The molecule has 20 heavy (non-hydrogen) atoms. The molecular weight excluding hydrogens is 282 g/mol. The second-order valence-corrected chi connectivity index (χ2v) is 5.42. The average Bonchev–Trinajstić information content (AvgIpc) is 2.40. The molecular formula is C13H16ClN3O3. The van der Waals surface area contributed by atoms with Gasteiger partial charge in [0, 0.05) is 34.8 Å². The zero-order valence-corrected chi connectivity index (χ0v) is 11.6. The van der Waals surface area contributed by atoms with Crippen molar-refractivity contribution in [1.82, 2.24) is 5.32 Å². The lowest BCUT2D eigenvalue weighted by Gasteiger charge is -2.29. The summed E-state index contributed by atoms with van der Waals surface area (Å²) in [6, 6.07) is 3.69. The second-order valence-electron chi connectivity index (χ2n) is 4.98. The topological polar surface area (TPSA) is 98.3 Å². The van der Waals surface area contributed by atoms with Crippen molar-refractivity contribution in [3.05, 3.63) is 38.9 Å². The molecule has 6 nitrogen and oxygen atoms in total. The minimum absolute atomic E-state index is 0.0677. The van der Waals surface area contributed by atoms with Crippen molar-refractivity contribution < 1.29 is 9.72 Å². The van der Waals surface area contributed by atoms with Gasteiger partial charge in [0.15, 0.2) is 0 Å². The number of nitro groups is 1. The summed E-state index contributed by atoms with van der Waals surface area (Å²) in [6.07, 6.45) is 3.79. The molecule has 1 aliphatic rings. The van der Waals surface area contributed by atoms with E-state index in [1.807, 2.05) is 0 Å². The van der Waals surface area contributed by atoms with Crippen LogP contribution in [0.25, 0.3) is 0 Å². The molecule has 2 atom stereocenters. The van der Waals surface area contributed by atoms with Crippen LogP contribution in [0.2, 0.25) is 5.02 Å². The maximum Gasteiger partial charge on any atom is 0.271 e. The van der Waals surface area contributed by atoms with Gasteiger partial charge in [0.25, 0.3) is 11.6 Å². The van der Waals surface area contributed by atoms with Crippen molar-refractivity contribution >= 4 is 23.2 Å². The van der Waals surface area contributed by atoms with Crippen LogP contribution in [0, 0.1) is 10.1 Å². The fourth-order valence-electron chi connectivity index (χ4n) is 2.40. The Hall–Kier alpha value is -1.66. The molecule has 0 saturated heterocycles. The Labute approximate surface area is 121 Å². The summed E-state index contributed by atoms with van der Waals surface area (Å²) in [5, 5.41) is 13.8. The minimum atomic E-state index is -0.574. The molecule has 7 heteroatoms. The van der Waals surface area contributed by atoms with Crippen LogP contribution >= 0.6 is 11.6 Å². The van der Waals surface area contributed by atoms with E-state index < -0.39 is 4.92 Å². The van der Waals surface area contributed by atoms with E-state index in [2.05, 4.69) is 5.32 Å². The number of carbonyl (C=O) groups is 1. The molecule has 2 unspecified atom stereocenters. The lowest BCUT2D eigenvalue weighted by molar-refractivity contribution is -0.384. The van der Waals surface area contributed by atoms with Crippen LogP contribution in [0.1, 0.15) is 36.0 Å². The van der Waals surface area contributed by atoms with Crippen LogP contribution in [0.15, 0.2) is 18.2 Å². The van der Waals surface area contributed by atoms with Gasteiger partial charge in [-0.15, -0.1) is 0 Å². The molecule has 1 aromatic rings. The van der Waals surface area contributed by atoms with Gasteiger partial charge in [-0.3, -0.25) is 14.9 Å².